The van der Waals surface area contributed by atoms with Gasteiger partial charge in [-0.1, -0.05) is 40.2 Å². The molecule has 2 heterocycles. The van der Waals surface area contributed by atoms with Crippen molar-refractivity contribution < 1.29 is 14.7 Å². The minimum absolute atomic E-state index is 0.0418. The van der Waals surface area contributed by atoms with E-state index in [2.05, 4.69) is 36.2 Å². The van der Waals surface area contributed by atoms with Gasteiger partial charge in [-0.05, 0) is 36.8 Å². The first-order chi connectivity index (χ1) is 14.4. The number of nitrogens with zero attached hydrogens (tertiary/aromatic N) is 5. The number of halogens is 1. The molecule has 1 aromatic heterocycles. The molecule has 4 rings (SSSR count). The lowest BCUT2D eigenvalue weighted by atomic mass is 10.2. The standard InChI is InChI=1S/C20H14BrN5O3S/c1-11-17(24-23-15-8-4-13(5-9-15)19(28)29)18(27)26(25-11)20-22-16(10-30-20)12-2-6-14(21)7-3-12/h2-10,17H,1H3,(H,28,29)/p-1/t17-/m1/s1. The number of carboxylic acid groups (broad SMARTS) is 1. The lowest BCUT2D eigenvalue weighted by molar-refractivity contribution is -0.255. The van der Waals surface area contributed by atoms with Crippen molar-refractivity contribution in [3.8, 4) is 11.3 Å². The average Bonchev–Trinajstić information content (AvgIpc) is 3.32. The zero-order valence-corrected chi connectivity index (χ0v) is 17.9. The summed E-state index contributed by atoms with van der Waals surface area (Å²) in [5.74, 6) is -1.62. The molecule has 3 aromatic rings. The average molecular weight is 483 g/mol. The summed E-state index contributed by atoms with van der Waals surface area (Å²) in [5.41, 5.74) is 2.65. The number of thiazole rings is 1. The van der Waals surface area contributed by atoms with Gasteiger partial charge in [0, 0.05) is 15.4 Å². The SMILES string of the molecule is CC1=NN(c2nc(-c3ccc(Br)cc3)cs2)C(=O)[C@@H]1N=Nc1ccc(C(=O)[O-])cc1. The molecule has 1 aliphatic heterocycles. The van der Waals surface area contributed by atoms with Crippen LogP contribution in [-0.2, 0) is 4.79 Å². The Hall–Kier alpha value is -3.24. The molecule has 0 saturated carbocycles. The summed E-state index contributed by atoms with van der Waals surface area (Å²) in [5, 5.41) is 26.8. The van der Waals surface area contributed by atoms with Crippen LogP contribution in [0, 0.1) is 0 Å². The van der Waals surface area contributed by atoms with E-state index in [-0.39, 0.29) is 11.5 Å². The lowest BCUT2D eigenvalue weighted by Gasteiger charge is -2.08. The highest BCUT2D eigenvalue weighted by atomic mass is 79.9. The number of hydrazone groups is 1. The van der Waals surface area contributed by atoms with Gasteiger partial charge in [-0.3, -0.25) is 4.79 Å². The van der Waals surface area contributed by atoms with Crippen LogP contribution >= 0.6 is 27.3 Å². The number of hydrogen-bond acceptors (Lipinski definition) is 8. The summed E-state index contributed by atoms with van der Waals surface area (Å²) in [6.45, 7) is 1.70. The molecule has 1 aliphatic rings. The van der Waals surface area contributed by atoms with Crippen LogP contribution < -0.4 is 10.1 Å². The third kappa shape index (κ3) is 4.05. The van der Waals surface area contributed by atoms with Gasteiger partial charge >= 0.3 is 0 Å². The molecule has 0 radical (unpaired) electrons. The number of aromatic nitrogens is 1. The van der Waals surface area contributed by atoms with Crippen molar-refractivity contribution in [2.75, 3.05) is 5.01 Å². The second-order valence-electron chi connectivity index (χ2n) is 6.37. The van der Waals surface area contributed by atoms with E-state index in [1.165, 1.54) is 40.6 Å². The highest BCUT2D eigenvalue weighted by Crippen LogP contribution is 2.31. The number of carboxylic acids is 1. The van der Waals surface area contributed by atoms with E-state index in [9.17, 15) is 14.7 Å². The molecule has 0 bridgehead atoms. The van der Waals surface area contributed by atoms with Crippen molar-refractivity contribution in [1.29, 1.82) is 0 Å². The van der Waals surface area contributed by atoms with Crippen LogP contribution in [0.3, 0.4) is 0 Å². The lowest BCUT2D eigenvalue weighted by Crippen LogP contribution is -2.29. The summed E-state index contributed by atoms with van der Waals surface area (Å²) in [4.78, 5) is 28.1. The molecule has 30 heavy (non-hydrogen) atoms. The smallest absolute Gasteiger partial charge is 0.282 e. The Morgan fingerprint density at radius 1 is 1.17 bits per heavy atom. The third-order valence-electron chi connectivity index (χ3n) is 4.30. The van der Waals surface area contributed by atoms with E-state index in [4.69, 9.17) is 0 Å². The zero-order valence-electron chi connectivity index (χ0n) is 15.5. The maximum absolute atomic E-state index is 12.8. The van der Waals surface area contributed by atoms with Gasteiger partial charge in [0.1, 0.15) is 0 Å². The normalized spacial score (nSPS) is 16.3. The van der Waals surface area contributed by atoms with E-state index in [0.29, 0.717) is 16.5 Å². The van der Waals surface area contributed by atoms with Crippen LogP contribution in [0.1, 0.15) is 17.3 Å². The van der Waals surface area contributed by atoms with E-state index < -0.39 is 12.0 Å². The van der Waals surface area contributed by atoms with Gasteiger partial charge in [0.2, 0.25) is 5.13 Å². The number of anilines is 1. The van der Waals surface area contributed by atoms with E-state index >= 15 is 0 Å². The van der Waals surface area contributed by atoms with Crippen molar-refractivity contribution >= 4 is 55.7 Å². The van der Waals surface area contributed by atoms with Gasteiger partial charge in [-0.15, -0.1) is 11.3 Å². The Kier molecular flexibility index (Phi) is 5.51. The maximum atomic E-state index is 12.8. The molecule has 0 saturated heterocycles. The fraction of sp³-hybridized carbons (Fsp3) is 0.100. The minimum atomic E-state index is -1.27. The molecule has 2 aromatic carbocycles. The first-order valence-electron chi connectivity index (χ1n) is 8.75. The Morgan fingerprint density at radius 2 is 1.87 bits per heavy atom. The molecule has 0 spiro atoms. The van der Waals surface area contributed by atoms with Crippen molar-refractivity contribution in [2.45, 2.75) is 13.0 Å². The molecule has 1 amide bonds. The fourth-order valence-corrected chi connectivity index (χ4v) is 3.78. The molecule has 1 atom stereocenters. The van der Waals surface area contributed by atoms with Crippen LogP contribution in [0.25, 0.3) is 11.3 Å². The van der Waals surface area contributed by atoms with Crippen LogP contribution in [-0.4, -0.2) is 28.6 Å². The molecular weight excluding hydrogens is 470 g/mol. The summed E-state index contributed by atoms with van der Waals surface area (Å²) in [6.07, 6.45) is 0. The highest BCUT2D eigenvalue weighted by molar-refractivity contribution is 9.10. The Labute approximate surface area is 183 Å². The topological polar surface area (TPSA) is 110 Å². The largest absolute Gasteiger partial charge is 0.545 e. The second-order valence-corrected chi connectivity index (χ2v) is 8.12. The molecule has 0 unspecified atom stereocenters. The van der Waals surface area contributed by atoms with Gasteiger partial charge in [0.25, 0.3) is 5.91 Å². The van der Waals surface area contributed by atoms with Crippen LogP contribution in [0.15, 0.2) is 73.7 Å². The zero-order chi connectivity index (χ0) is 21.3. The number of carbonyl (C=O) groups excluding carboxylic acids is 2. The fourth-order valence-electron chi connectivity index (χ4n) is 2.73. The van der Waals surface area contributed by atoms with E-state index in [1.54, 1.807) is 6.92 Å². The first kappa shape index (κ1) is 20.0. The van der Waals surface area contributed by atoms with Gasteiger partial charge in [0.05, 0.1) is 23.1 Å². The number of rotatable bonds is 5. The monoisotopic (exact) mass is 482 g/mol. The third-order valence-corrected chi connectivity index (χ3v) is 5.65. The summed E-state index contributed by atoms with van der Waals surface area (Å²) in [7, 11) is 0. The molecule has 0 aliphatic carbocycles. The van der Waals surface area contributed by atoms with E-state index in [1.807, 2.05) is 29.6 Å². The molecule has 10 heteroatoms. The van der Waals surface area contributed by atoms with Crippen LogP contribution in [0.4, 0.5) is 10.8 Å². The predicted octanol–water partition coefficient (Wildman–Crippen LogP) is 3.81. The molecule has 150 valence electrons. The number of carbonyl (C=O) groups is 2. The summed E-state index contributed by atoms with van der Waals surface area (Å²) in [6, 6.07) is 12.6. The second kappa shape index (κ2) is 8.25. The number of azo groups is 1. The van der Waals surface area contributed by atoms with Crippen molar-refractivity contribution in [1.82, 2.24) is 4.98 Å². The highest BCUT2D eigenvalue weighted by Gasteiger charge is 2.36. The molecular formula is C20H13BrN5O3S-. The Balaban J connectivity index is 1.51. The Morgan fingerprint density at radius 3 is 2.53 bits per heavy atom. The van der Waals surface area contributed by atoms with E-state index in [0.717, 1.165) is 15.7 Å². The van der Waals surface area contributed by atoms with Crippen LogP contribution in [0.5, 0.6) is 0 Å². The van der Waals surface area contributed by atoms with Gasteiger partial charge in [-0.2, -0.15) is 20.3 Å². The summed E-state index contributed by atoms with van der Waals surface area (Å²) >= 11 is 4.72. The predicted molar refractivity (Wildman–Crippen MR) is 115 cm³/mol. The number of aromatic carboxylic acids is 1. The van der Waals surface area contributed by atoms with Gasteiger partial charge in [-0.25, -0.2) is 4.98 Å². The first-order valence-corrected chi connectivity index (χ1v) is 10.4. The van der Waals surface area contributed by atoms with Crippen molar-refractivity contribution in [3.05, 3.63) is 63.9 Å². The minimum Gasteiger partial charge on any atom is -0.545 e. The van der Waals surface area contributed by atoms with Gasteiger partial charge in [0.15, 0.2) is 6.04 Å². The number of benzene rings is 2. The van der Waals surface area contributed by atoms with Crippen molar-refractivity contribution in [3.63, 3.8) is 0 Å². The maximum Gasteiger partial charge on any atom is 0.282 e. The number of hydrogen-bond donors (Lipinski definition) is 0. The summed E-state index contributed by atoms with van der Waals surface area (Å²) < 4.78 is 0.971. The van der Waals surface area contributed by atoms with Gasteiger partial charge < -0.3 is 9.90 Å². The molecule has 0 fully saturated rings. The molecule has 0 N–H and O–H groups in total. The quantitative estimate of drug-likeness (QED) is 0.514. The van der Waals surface area contributed by atoms with Crippen molar-refractivity contribution in [2.24, 2.45) is 15.3 Å². The number of amides is 1. The van der Waals surface area contributed by atoms with Crippen LogP contribution in [0.2, 0.25) is 0 Å². The Bertz CT molecular complexity index is 1170. The molecule has 8 nitrogen and oxygen atoms in total.